The predicted octanol–water partition coefficient (Wildman–Crippen LogP) is 2.87. The smallest absolute Gasteiger partial charge is 0.127 e. The summed E-state index contributed by atoms with van der Waals surface area (Å²) in [5, 5.41) is 12.3. The zero-order valence-corrected chi connectivity index (χ0v) is 11.3. The summed E-state index contributed by atoms with van der Waals surface area (Å²) in [6.45, 7) is 6.04. The van der Waals surface area contributed by atoms with Crippen LogP contribution in [0.1, 0.15) is 52.4 Å². The summed E-state index contributed by atoms with van der Waals surface area (Å²) in [7, 11) is 0. The molecule has 3 nitrogen and oxygen atoms in total. The van der Waals surface area contributed by atoms with Crippen LogP contribution in [0.3, 0.4) is 0 Å². The maximum absolute atomic E-state index is 9.11. The van der Waals surface area contributed by atoms with Crippen molar-refractivity contribution in [1.82, 2.24) is 5.32 Å². The van der Waals surface area contributed by atoms with Crippen LogP contribution in [-0.2, 0) is 4.74 Å². The maximum Gasteiger partial charge on any atom is 0.127 e. The third-order valence-electron chi connectivity index (χ3n) is 3.53. The number of likely N-dealkylation sites (N-methyl/N-ethyl adjacent to an activating group) is 1. The van der Waals surface area contributed by atoms with Crippen molar-refractivity contribution in [1.29, 1.82) is 5.26 Å². The molecule has 1 rings (SSSR count). The lowest BCUT2D eigenvalue weighted by Gasteiger charge is -2.23. The van der Waals surface area contributed by atoms with E-state index in [0.29, 0.717) is 12.5 Å². The molecule has 1 N–H and O–H groups in total. The normalized spacial score (nSPS) is 21.5. The molecule has 1 unspecified atom stereocenters. The number of ether oxygens (including phenoxy) is 1. The Morgan fingerprint density at radius 3 is 2.47 bits per heavy atom. The van der Waals surface area contributed by atoms with Crippen LogP contribution in [-0.4, -0.2) is 25.3 Å². The van der Waals surface area contributed by atoms with Crippen LogP contribution < -0.4 is 5.32 Å². The molecule has 0 amide bonds. The van der Waals surface area contributed by atoms with E-state index in [9.17, 15) is 0 Å². The number of nitriles is 1. The first kappa shape index (κ1) is 14.5. The molecule has 0 heterocycles. The van der Waals surface area contributed by atoms with E-state index in [1.807, 2.05) is 13.8 Å². The molecular formula is C14H26N2O. The molecule has 0 aromatic carbocycles. The second kappa shape index (κ2) is 7.68. The van der Waals surface area contributed by atoms with E-state index in [0.717, 1.165) is 13.2 Å². The lowest BCUT2D eigenvalue weighted by molar-refractivity contribution is 0.0647. The van der Waals surface area contributed by atoms with Gasteiger partial charge >= 0.3 is 0 Å². The lowest BCUT2D eigenvalue weighted by Crippen LogP contribution is -2.45. The van der Waals surface area contributed by atoms with Gasteiger partial charge in [-0.15, -0.1) is 0 Å². The molecular weight excluding hydrogens is 212 g/mol. The van der Waals surface area contributed by atoms with Crippen LogP contribution in [0.5, 0.6) is 0 Å². The highest BCUT2D eigenvalue weighted by atomic mass is 16.5. The Labute approximate surface area is 106 Å². The fraction of sp³-hybridized carbons (Fsp3) is 0.929. The van der Waals surface area contributed by atoms with Gasteiger partial charge in [0.1, 0.15) is 5.54 Å². The summed E-state index contributed by atoms with van der Waals surface area (Å²) in [5.41, 5.74) is -0.528. The number of nitrogens with zero attached hydrogens (tertiary/aromatic N) is 1. The van der Waals surface area contributed by atoms with Crippen molar-refractivity contribution < 1.29 is 4.74 Å². The highest BCUT2D eigenvalue weighted by Crippen LogP contribution is 2.23. The predicted molar refractivity (Wildman–Crippen MR) is 69.7 cm³/mol. The van der Waals surface area contributed by atoms with Crippen molar-refractivity contribution in [2.45, 2.75) is 57.9 Å². The van der Waals surface area contributed by atoms with Gasteiger partial charge in [0.15, 0.2) is 0 Å². The zero-order valence-electron chi connectivity index (χ0n) is 11.3. The first-order valence-electron chi connectivity index (χ1n) is 6.94. The van der Waals surface area contributed by atoms with Gasteiger partial charge in [-0.2, -0.15) is 5.26 Å². The van der Waals surface area contributed by atoms with E-state index >= 15 is 0 Å². The Bertz CT molecular complexity index is 241. The molecule has 0 aromatic heterocycles. The Kier molecular flexibility index (Phi) is 6.54. The van der Waals surface area contributed by atoms with Gasteiger partial charge in [0.2, 0.25) is 0 Å². The first-order chi connectivity index (χ1) is 8.20. The van der Waals surface area contributed by atoms with E-state index in [-0.39, 0.29) is 0 Å². The fourth-order valence-electron chi connectivity index (χ4n) is 2.47. The zero-order chi connectivity index (χ0) is 12.6. The highest BCUT2D eigenvalue weighted by molar-refractivity contribution is 5.03. The Morgan fingerprint density at radius 2 is 1.94 bits per heavy atom. The van der Waals surface area contributed by atoms with Crippen molar-refractivity contribution in [3.05, 3.63) is 0 Å². The molecule has 1 atom stereocenters. The summed E-state index contributed by atoms with van der Waals surface area (Å²) in [6, 6.07) is 2.29. The van der Waals surface area contributed by atoms with Crippen molar-refractivity contribution >= 4 is 0 Å². The molecule has 0 spiro atoms. The Morgan fingerprint density at radius 1 is 1.29 bits per heavy atom. The minimum absolute atomic E-state index is 0.494. The second-order valence-electron chi connectivity index (χ2n) is 5.35. The molecule has 1 fully saturated rings. The van der Waals surface area contributed by atoms with E-state index in [4.69, 9.17) is 10.00 Å². The molecule has 0 saturated heterocycles. The van der Waals surface area contributed by atoms with Crippen molar-refractivity contribution in [3.8, 4) is 6.07 Å². The maximum atomic E-state index is 9.11. The van der Waals surface area contributed by atoms with E-state index in [2.05, 4.69) is 11.4 Å². The van der Waals surface area contributed by atoms with Crippen molar-refractivity contribution in [3.63, 3.8) is 0 Å². The fourth-order valence-corrected chi connectivity index (χ4v) is 2.47. The minimum atomic E-state index is -0.528. The SMILES string of the molecule is CCNC(C)(C#N)COCC1CCCCCC1. The molecule has 0 aromatic rings. The first-order valence-corrected chi connectivity index (χ1v) is 6.94. The number of hydrogen-bond acceptors (Lipinski definition) is 3. The van der Waals surface area contributed by atoms with Gasteiger partial charge < -0.3 is 4.74 Å². The van der Waals surface area contributed by atoms with Crippen LogP contribution in [0.25, 0.3) is 0 Å². The van der Waals surface area contributed by atoms with Crippen molar-refractivity contribution in [2.75, 3.05) is 19.8 Å². The Hall–Kier alpha value is -0.590. The average Bonchev–Trinajstić information content (AvgIpc) is 2.58. The third-order valence-corrected chi connectivity index (χ3v) is 3.53. The molecule has 1 aliphatic carbocycles. The van der Waals surface area contributed by atoms with E-state index < -0.39 is 5.54 Å². The summed E-state index contributed by atoms with van der Waals surface area (Å²) >= 11 is 0. The second-order valence-corrected chi connectivity index (χ2v) is 5.35. The summed E-state index contributed by atoms with van der Waals surface area (Å²) in [5.74, 6) is 0.710. The van der Waals surface area contributed by atoms with Crippen LogP contribution in [0.4, 0.5) is 0 Å². The lowest BCUT2D eigenvalue weighted by atomic mass is 10.0. The molecule has 0 aliphatic heterocycles. The molecule has 0 radical (unpaired) electrons. The minimum Gasteiger partial charge on any atom is -0.378 e. The van der Waals surface area contributed by atoms with Gasteiger partial charge in [-0.05, 0) is 32.2 Å². The van der Waals surface area contributed by atoms with Crippen LogP contribution in [0, 0.1) is 17.2 Å². The summed E-state index contributed by atoms with van der Waals surface area (Å²) in [4.78, 5) is 0. The molecule has 1 aliphatic rings. The van der Waals surface area contributed by atoms with Gasteiger partial charge in [0.05, 0.1) is 12.7 Å². The number of hydrogen-bond donors (Lipinski definition) is 1. The standard InChI is InChI=1S/C14H26N2O/c1-3-16-14(2,11-15)12-17-10-13-8-6-4-5-7-9-13/h13,16H,3-10,12H2,1-2H3. The van der Waals surface area contributed by atoms with E-state index in [1.54, 1.807) is 0 Å². The van der Waals surface area contributed by atoms with Gasteiger partial charge in [0.25, 0.3) is 0 Å². The van der Waals surface area contributed by atoms with E-state index in [1.165, 1.54) is 38.5 Å². The molecule has 0 bridgehead atoms. The van der Waals surface area contributed by atoms with Crippen molar-refractivity contribution in [2.24, 2.45) is 5.92 Å². The topological polar surface area (TPSA) is 45.0 Å². The molecule has 17 heavy (non-hydrogen) atoms. The quantitative estimate of drug-likeness (QED) is 0.724. The summed E-state index contributed by atoms with van der Waals surface area (Å²) < 4.78 is 5.75. The molecule has 1 saturated carbocycles. The van der Waals surface area contributed by atoms with Gasteiger partial charge in [-0.1, -0.05) is 32.6 Å². The summed E-state index contributed by atoms with van der Waals surface area (Å²) in [6.07, 6.45) is 8.04. The van der Waals surface area contributed by atoms with Gasteiger partial charge in [-0.3, -0.25) is 5.32 Å². The average molecular weight is 238 g/mol. The molecule has 98 valence electrons. The largest absolute Gasteiger partial charge is 0.378 e. The monoisotopic (exact) mass is 238 g/mol. The third kappa shape index (κ3) is 5.52. The number of rotatable bonds is 6. The molecule has 3 heteroatoms. The van der Waals surface area contributed by atoms with Gasteiger partial charge in [-0.25, -0.2) is 0 Å². The van der Waals surface area contributed by atoms with Crippen LogP contribution >= 0.6 is 0 Å². The van der Waals surface area contributed by atoms with Crippen LogP contribution in [0.15, 0.2) is 0 Å². The van der Waals surface area contributed by atoms with Crippen LogP contribution in [0.2, 0.25) is 0 Å². The van der Waals surface area contributed by atoms with Gasteiger partial charge in [0, 0.05) is 6.61 Å². The number of nitrogens with one attached hydrogen (secondary N) is 1. The highest BCUT2D eigenvalue weighted by Gasteiger charge is 2.23. The Balaban J connectivity index is 2.23.